The van der Waals surface area contributed by atoms with Crippen molar-refractivity contribution in [1.29, 1.82) is 5.41 Å². The maximum atomic E-state index is 13.5. The zero-order valence-electron chi connectivity index (χ0n) is 22.0. The average Bonchev–Trinajstić information content (AvgIpc) is 3.26. The highest BCUT2D eigenvalue weighted by atomic mass is 16.5. The summed E-state index contributed by atoms with van der Waals surface area (Å²) < 4.78 is 10.9. The lowest BCUT2D eigenvalue weighted by Gasteiger charge is -2.27. The molecule has 1 saturated heterocycles. The van der Waals surface area contributed by atoms with Gasteiger partial charge in [-0.1, -0.05) is 48.5 Å². The summed E-state index contributed by atoms with van der Waals surface area (Å²) in [6, 6.07) is 21.5. The van der Waals surface area contributed by atoms with Crippen LogP contribution in [0, 0.1) is 11.3 Å². The van der Waals surface area contributed by atoms with Crippen molar-refractivity contribution in [3.63, 3.8) is 0 Å². The van der Waals surface area contributed by atoms with Crippen LogP contribution < -0.4 is 20.7 Å². The van der Waals surface area contributed by atoms with E-state index in [1.54, 1.807) is 41.3 Å². The zero-order chi connectivity index (χ0) is 27.9. The Kier molecular flexibility index (Phi) is 8.60. The van der Waals surface area contributed by atoms with Crippen LogP contribution in [0.5, 0.6) is 5.75 Å². The molecule has 1 aliphatic heterocycles. The van der Waals surface area contributed by atoms with E-state index in [0.717, 1.165) is 11.1 Å². The lowest BCUT2D eigenvalue weighted by atomic mass is 10.0. The number of ether oxygens (including phenoxy) is 2. The number of anilines is 1. The average molecular weight is 529 g/mol. The molecule has 1 aliphatic rings. The topological polar surface area (TPSA) is 135 Å². The predicted molar refractivity (Wildman–Crippen MR) is 149 cm³/mol. The summed E-state index contributed by atoms with van der Waals surface area (Å²) in [4.78, 5) is 39.8. The molecule has 0 aromatic heterocycles. The van der Waals surface area contributed by atoms with Crippen LogP contribution >= 0.6 is 0 Å². The van der Waals surface area contributed by atoms with Gasteiger partial charge in [-0.25, -0.2) is 0 Å². The minimum absolute atomic E-state index is 0.0205. The molecule has 2 atom stereocenters. The Morgan fingerprint density at radius 2 is 1.67 bits per heavy atom. The molecular formula is C30H32N4O5. The number of methoxy groups -OCH3 is 1. The Morgan fingerprint density at radius 3 is 2.28 bits per heavy atom. The minimum atomic E-state index is -0.575. The summed E-state index contributed by atoms with van der Waals surface area (Å²) in [5, 5.41) is 10.3. The second kappa shape index (κ2) is 12.3. The molecule has 3 aromatic rings. The van der Waals surface area contributed by atoms with E-state index in [0.29, 0.717) is 35.5 Å². The van der Waals surface area contributed by atoms with Gasteiger partial charge in [0.15, 0.2) is 0 Å². The first-order valence-electron chi connectivity index (χ1n) is 12.8. The maximum absolute atomic E-state index is 13.5. The molecule has 0 radical (unpaired) electrons. The second-order valence-corrected chi connectivity index (χ2v) is 9.28. The smallest absolute Gasteiger partial charge is 0.306 e. The Bertz CT molecular complexity index is 1350. The number of nitrogen functional groups attached to an aromatic ring is 1. The van der Waals surface area contributed by atoms with E-state index in [2.05, 4.69) is 5.32 Å². The Hall–Kier alpha value is -4.66. The number of hydrogen-bond donors (Lipinski definition) is 3. The van der Waals surface area contributed by atoms with Gasteiger partial charge < -0.3 is 25.4 Å². The molecule has 2 amide bonds. The van der Waals surface area contributed by atoms with Gasteiger partial charge in [-0.15, -0.1) is 0 Å². The molecule has 1 fully saturated rings. The zero-order valence-corrected chi connectivity index (χ0v) is 22.0. The highest BCUT2D eigenvalue weighted by molar-refractivity contribution is 6.07. The Morgan fingerprint density at radius 1 is 1.03 bits per heavy atom. The van der Waals surface area contributed by atoms with Crippen LogP contribution in [0.3, 0.4) is 0 Å². The van der Waals surface area contributed by atoms with Crippen molar-refractivity contribution in [3.8, 4) is 16.9 Å². The van der Waals surface area contributed by atoms with Crippen molar-refractivity contribution < 1.29 is 23.9 Å². The monoisotopic (exact) mass is 528 g/mol. The number of hydrogen-bond acceptors (Lipinski definition) is 6. The highest BCUT2D eigenvalue weighted by Crippen LogP contribution is 2.35. The SMILES string of the molecule is CCNC(=O)c1ccccc1N1C(=O)[C@H](CC(=O)OC)C[C@H]1COc1ccc(-c2ccc(C(=N)N)cc2)cc1. The molecule has 9 heteroatoms. The number of nitrogens with two attached hydrogens (primary N) is 1. The maximum Gasteiger partial charge on any atom is 0.306 e. The third kappa shape index (κ3) is 6.26. The molecule has 3 aromatic carbocycles. The molecule has 4 N–H and O–H groups in total. The van der Waals surface area contributed by atoms with Crippen molar-refractivity contribution in [2.24, 2.45) is 11.7 Å². The van der Waals surface area contributed by atoms with Gasteiger partial charge in [0.25, 0.3) is 5.91 Å². The molecule has 4 rings (SSSR count). The number of rotatable bonds is 10. The van der Waals surface area contributed by atoms with Gasteiger partial charge in [0, 0.05) is 12.1 Å². The molecule has 0 spiro atoms. The number of esters is 1. The molecule has 0 aliphatic carbocycles. The summed E-state index contributed by atoms with van der Waals surface area (Å²) in [5.41, 5.74) is 9.02. The fraction of sp³-hybridized carbons (Fsp3) is 0.267. The molecule has 9 nitrogen and oxygen atoms in total. The van der Waals surface area contributed by atoms with E-state index in [9.17, 15) is 14.4 Å². The van der Waals surface area contributed by atoms with Crippen molar-refractivity contribution in [3.05, 3.63) is 83.9 Å². The van der Waals surface area contributed by atoms with Gasteiger partial charge in [0.05, 0.1) is 36.7 Å². The van der Waals surface area contributed by atoms with Crippen molar-refractivity contribution >= 4 is 29.3 Å². The summed E-state index contributed by atoms with van der Waals surface area (Å²) >= 11 is 0. The number of benzene rings is 3. The molecule has 202 valence electrons. The van der Waals surface area contributed by atoms with E-state index in [4.69, 9.17) is 20.6 Å². The first kappa shape index (κ1) is 27.4. The van der Waals surface area contributed by atoms with Crippen LogP contribution in [-0.2, 0) is 14.3 Å². The quantitative estimate of drug-likeness (QED) is 0.208. The lowest BCUT2D eigenvalue weighted by molar-refractivity contribution is -0.143. The van der Waals surface area contributed by atoms with E-state index in [-0.39, 0.29) is 36.7 Å². The number of amidine groups is 1. The molecule has 0 unspecified atom stereocenters. The predicted octanol–water partition coefficient (Wildman–Crippen LogP) is 3.75. The van der Waals surface area contributed by atoms with Gasteiger partial charge in [-0.2, -0.15) is 0 Å². The summed E-state index contributed by atoms with van der Waals surface area (Å²) in [6.45, 7) is 2.46. The first-order valence-corrected chi connectivity index (χ1v) is 12.8. The number of carbonyl (C=O) groups excluding carboxylic acids is 3. The third-order valence-corrected chi connectivity index (χ3v) is 6.72. The molecule has 39 heavy (non-hydrogen) atoms. The number of carbonyl (C=O) groups is 3. The highest BCUT2D eigenvalue weighted by Gasteiger charge is 2.43. The van der Waals surface area contributed by atoms with Gasteiger partial charge in [-0.05, 0) is 48.7 Å². The van der Waals surface area contributed by atoms with Crippen LogP contribution in [-0.4, -0.2) is 49.9 Å². The van der Waals surface area contributed by atoms with Crippen molar-refractivity contribution in [2.45, 2.75) is 25.8 Å². The summed E-state index contributed by atoms with van der Waals surface area (Å²) in [5.74, 6) is -0.904. The first-order chi connectivity index (χ1) is 18.8. The van der Waals surface area contributed by atoms with Crippen LogP contribution in [0.15, 0.2) is 72.8 Å². The molecule has 1 heterocycles. The van der Waals surface area contributed by atoms with E-state index in [1.807, 2.05) is 43.3 Å². The number of amides is 2. The van der Waals surface area contributed by atoms with Crippen LogP contribution in [0.25, 0.3) is 11.1 Å². The Labute approximate surface area is 227 Å². The van der Waals surface area contributed by atoms with Crippen LogP contribution in [0.1, 0.15) is 35.7 Å². The van der Waals surface area contributed by atoms with Crippen molar-refractivity contribution in [2.75, 3.05) is 25.2 Å². The Balaban J connectivity index is 1.54. The fourth-order valence-corrected chi connectivity index (χ4v) is 4.73. The number of nitrogens with one attached hydrogen (secondary N) is 2. The van der Waals surface area contributed by atoms with Gasteiger partial charge in [-0.3, -0.25) is 19.8 Å². The largest absolute Gasteiger partial charge is 0.491 e. The van der Waals surface area contributed by atoms with Crippen LogP contribution in [0.2, 0.25) is 0 Å². The van der Waals surface area contributed by atoms with E-state index in [1.165, 1.54) is 7.11 Å². The van der Waals surface area contributed by atoms with Crippen LogP contribution in [0.4, 0.5) is 5.69 Å². The van der Waals surface area contributed by atoms with Gasteiger partial charge in [0.1, 0.15) is 18.2 Å². The molecule has 0 saturated carbocycles. The normalized spacial score (nSPS) is 16.6. The fourth-order valence-electron chi connectivity index (χ4n) is 4.73. The van der Waals surface area contributed by atoms with E-state index < -0.39 is 11.9 Å². The minimum Gasteiger partial charge on any atom is -0.491 e. The van der Waals surface area contributed by atoms with Gasteiger partial charge >= 0.3 is 5.97 Å². The standard InChI is InChI=1S/C30H32N4O5/c1-3-33-29(36)25-6-4-5-7-26(25)34-23(16-22(30(34)37)17-27(35)38-2)18-39-24-14-12-20(13-15-24)19-8-10-21(11-9-19)28(31)32/h4-15,22-23H,3,16-18H2,1-2H3,(H3,31,32)(H,33,36)/t22-,23-/m0/s1. The number of para-hydroxylation sites is 1. The third-order valence-electron chi connectivity index (χ3n) is 6.72. The lowest BCUT2D eigenvalue weighted by Crippen LogP contribution is -2.39. The molecular weight excluding hydrogens is 496 g/mol. The summed E-state index contributed by atoms with van der Waals surface area (Å²) in [7, 11) is 1.30. The summed E-state index contributed by atoms with van der Waals surface area (Å²) in [6.07, 6.45) is 0.348. The molecule has 0 bridgehead atoms. The second-order valence-electron chi connectivity index (χ2n) is 9.28. The number of nitrogens with zero attached hydrogens (tertiary/aromatic N) is 1. The van der Waals surface area contributed by atoms with E-state index >= 15 is 0 Å². The van der Waals surface area contributed by atoms with Crippen molar-refractivity contribution in [1.82, 2.24) is 5.32 Å². The van der Waals surface area contributed by atoms with Gasteiger partial charge in [0.2, 0.25) is 5.91 Å².